The molecule has 0 radical (unpaired) electrons. The number of para-hydroxylation sites is 1. The lowest BCUT2D eigenvalue weighted by molar-refractivity contribution is 0.543. The lowest BCUT2D eigenvalue weighted by atomic mass is 10.1. The molecule has 2 aromatic rings. The Balaban J connectivity index is 2.19. The van der Waals surface area contributed by atoms with Crippen LogP contribution in [0.15, 0.2) is 52.3 Å². The summed E-state index contributed by atoms with van der Waals surface area (Å²) in [6, 6.07) is 10.1. The fourth-order valence-electron chi connectivity index (χ4n) is 1.88. The van der Waals surface area contributed by atoms with Crippen molar-refractivity contribution < 1.29 is 8.84 Å². The average molecular weight is 287 g/mol. The quantitative estimate of drug-likeness (QED) is 0.591. The van der Waals surface area contributed by atoms with Gasteiger partial charge in [-0.3, -0.25) is 4.99 Å². The zero-order valence-corrected chi connectivity index (χ0v) is 13.5. The summed E-state index contributed by atoms with van der Waals surface area (Å²) >= 11 is 0. The van der Waals surface area contributed by atoms with Crippen LogP contribution in [0, 0.1) is 0 Å². The first kappa shape index (κ1) is 14.6. The standard InChI is InChI=1S/C16H21NO2Si/c1-13(17-11-14-9-10-18-12-14)15-7-5-6-8-16(15)19-20(2,3)4/h5-13H,1-4H3. The van der Waals surface area contributed by atoms with Gasteiger partial charge in [-0.25, -0.2) is 0 Å². The molecule has 20 heavy (non-hydrogen) atoms. The molecule has 1 atom stereocenters. The van der Waals surface area contributed by atoms with Crippen LogP contribution in [-0.4, -0.2) is 14.5 Å². The molecule has 1 heterocycles. The van der Waals surface area contributed by atoms with Crippen molar-refractivity contribution in [2.75, 3.05) is 0 Å². The van der Waals surface area contributed by atoms with E-state index in [0.29, 0.717) is 0 Å². The fourth-order valence-corrected chi connectivity index (χ4v) is 2.72. The third-order valence-electron chi connectivity index (χ3n) is 2.78. The number of furan rings is 1. The van der Waals surface area contributed by atoms with Crippen LogP contribution in [0.1, 0.15) is 24.1 Å². The molecule has 0 N–H and O–H groups in total. The van der Waals surface area contributed by atoms with Crippen molar-refractivity contribution >= 4 is 14.5 Å². The molecule has 1 aromatic carbocycles. The fraction of sp³-hybridized carbons (Fsp3) is 0.312. The van der Waals surface area contributed by atoms with Crippen LogP contribution >= 0.6 is 0 Å². The molecule has 0 amide bonds. The zero-order chi connectivity index (χ0) is 14.6. The van der Waals surface area contributed by atoms with Gasteiger partial charge in [0.05, 0.1) is 18.6 Å². The molecule has 1 aromatic heterocycles. The van der Waals surface area contributed by atoms with E-state index in [2.05, 4.69) is 37.6 Å². The number of hydrogen-bond donors (Lipinski definition) is 0. The highest BCUT2D eigenvalue weighted by molar-refractivity contribution is 6.70. The number of aliphatic imine (C=N–C) groups is 1. The lowest BCUT2D eigenvalue weighted by Crippen LogP contribution is -2.29. The van der Waals surface area contributed by atoms with Crippen LogP contribution in [0.2, 0.25) is 19.6 Å². The SMILES string of the molecule is CC(N=Cc1ccoc1)c1ccccc1O[Si](C)(C)C. The Morgan fingerprint density at radius 2 is 1.95 bits per heavy atom. The Labute approximate surface area is 121 Å². The van der Waals surface area contributed by atoms with Crippen LogP contribution in [0.25, 0.3) is 0 Å². The van der Waals surface area contributed by atoms with Gasteiger partial charge in [0.1, 0.15) is 5.75 Å². The minimum absolute atomic E-state index is 0.0532. The number of nitrogens with zero attached hydrogens (tertiary/aromatic N) is 1. The molecule has 0 fully saturated rings. The third kappa shape index (κ3) is 4.10. The van der Waals surface area contributed by atoms with Crippen LogP contribution in [-0.2, 0) is 0 Å². The van der Waals surface area contributed by atoms with E-state index in [-0.39, 0.29) is 6.04 Å². The van der Waals surface area contributed by atoms with E-state index < -0.39 is 8.32 Å². The van der Waals surface area contributed by atoms with E-state index in [4.69, 9.17) is 8.84 Å². The van der Waals surface area contributed by atoms with Crippen molar-refractivity contribution in [1.29, 1.82) is 0 Å². The molecule has 0 saturated carbocycles. The largest absolute Gasteiger partial charge is 0.544 e. The van der Waals surface area contributed by atoms with Gasteiger partial charge in [0.15, 0.2) is 0 Å². The van der Waals surface area contributed by atoms with Crippen molar-refractivity contribution in [2.24, 2.45) is 4.99 Å². The first-order chi connectivity index (χ1) is 9.46. The predicted octanol–water partition coefficient (Wildman–Crippen LogP) is 4.67. The summed E-state index contributed by atoms with van der Waals surface area (Å²) in [7, 11) is -1.62. The highest BCUT2D eigenvalue weighted by atomic mass is 28.4. The maximum absolute atomic E-state index is 6.14. The van der Waals surface area contributed by atoms with Crippen LogP contribution in [0.3, 0.4) is 0 Å². The second kappa shape index (κ2) is 6.09. The Morgan fingerprint density at radius 1 is 1.20 bits per heavy atom. The molecule has 3 nitrogen and oxygen atoms in total. The third-order valence-corrected chi connectivity index (χ3v) is 3.61. The molecule has 0 bridgehead atoms. The van der Waals surface area contributed by atoms with Gasteiger partial charge in [-0.15, -0.1) is 0 Å². The van der Waals surface area contributed by atoms with E-state index >= 15 is 0 Å². The van der Waals surface area contributed by atoms with Gasteiger partial charge in [-0.2, -0.15) is 0 Å². The Bertz CT molecular complexity index is 570. The first-order valence-corrected chi connectivity index (χ1v) is 10.2. The number of hydrogen-bond acceptors (Lipinski definition) is 3. The summed E-state index contributed by atoms with van der Waals surface area (Å²) in [6.45, 7) is 8.62. The Hall–Kier alpha value is -1.81. The molecule has 0 spiro atoms. The lowest BCUT2D eigenvalue weighted by Gasteiger charge is -2.22. The summed E-state index contributed by atoms with van der Waals surface area (Å²) in [4.78, 5) is 4.58. The second-order valence-electron chi connectivity index (χ2n) is 5.76. The molecule has 0 aliphatic carbocycles. The Kier molecular flexibility index (Phi) is 4.45. The monoisotopic (exact) mass is 287 g/mol. The first-order valence-electron chi connectivity index (χ1n) is 6.79. The smallest absolute Gasteiger partial charge is 0.242 e. The summed E-state index contributed by atoms with van der Waals surface area (Å²) in [6.07, 6.45) is 5.16. The van der Waals surface area contributed by atoms with Gasteiger partial charge < -0.3 is 8.84 Å². The topological polar surface area (TPSA) is 34.7 Å². The minimum Gasteiger partial charge on any atom is -0.544 e. The van der Waals surface area contributed by atoms with Crippen molar-refractivity contribution in [2.45, 2.75) is 32.6 Å². The van der Waals surface area contributed by atoms with E-state index in [1.54, 1.807) is 12.5 Å². The van der Waals surface area contributed by atoms with Crippen LogP contribution < -0.4 is 4.43 Å². The van der Waals surface area contributed by atoms with Gasteiger partial charge in [0, 0.05) is 17.3 Å². The zero-order valence-electron chi connectivity index (χ0n) is 12.5. The maximum Gasteiger partial charge on any atom is 0.242 e. The summed E-state index contributed by atoms with van der Waals surface area (Å²) in [5, 5.41) is 0. The number of rotatable bonds is 5. The summed E-state index contributed by atoms with van der Waals surface area (Å²) in [5.74, 6) is 0.948. The van der Waals surface area contributed by atoms with E-state index in [9.17, 15) is 0 Å². The molecule has 0 aliphatic heterocycles. The maximum atomic E-state index is 6.14. The molecule has 0 aliphatic rings. The van der Waals surface area contributed by atoms with E-state index in [1.807, 2.05) is 30.5 Å². The van der Waals surface area contributed by atoms with Crippen molar-refractivity contribution in [3.8, 4) is 5.75 Å². The number of benzene rings is 1. The van der Waals surface area contributed by atoms with E-state index in [1.165, 1.54) is 0 Å². The van der Waals surface area contributed by atoms with Gasteiger partial charge in [0.2, 0.25) is 8.32 Å². The molecular formula is C16H21NO2Si. The van der Waals surface area contributed by atoms with Crippen molar-refractivity contribution in [3.63, 3.8) is 0 Å². The van der Waals surface area contributed by atoms with E-state index in [0.717, 1.165) is 16.9 Å². The van der Waals surface area contributed by atoms with Gasteiger partial charge in [-0.1, -0.05) is 18.2 Å². The predicted molar refractivity (Wildman–Crippen MR) is 85.1 cm³/mol. The highest BCUT2D eigenvalue weighted by Crippen LogP contribution is 2.29. The highest BCUT2D eigenvalue weighted by Gasteiger charge is 2.19. The molecular weight excluding hydrogens is 266 g/mol. The van der Waals surface area contributed by atoms with Crippen LogP contribution in [0.5, 0.6) is 5.75 Å². The van der Waals surface area contributed by atoms with Crippen molar-refractivity contribution in [1.82, 2.24) is 0 Å². The van der Waals surface area contributed by atoms with Crippen molar-refractivity contribution in [3.05, 3.63) is 54.0 Å². The minimum atomic E-state index is -1.62. The average Bonchev–Trinajstić information content (AvgIpc) is 2.88. The second-order valence-corrected chi connectivity index (χ2v) is 10.2. The van der Waals surface area contributed by atoms with Gasteiger partial charge in [-0.05, 0) is 38.7 Å². The van der Waals surface area contributed by atoms with Gasteiger partial charge >= 0.3 is 0 Å². The molecule has 1 unspecified atom stereocenters. The molecule has 2 rings (SSSR count). The van der Waals surface area contributed by atoms with Crippen LogP contribution in [0.4, 0.5) is 0 Å². The Morgan fingerprint density at radius 3 is 2.60 bits per heavy atom. The summed E-state index contributed by atoms with van der Waals surface area (Å²) < 4.78 is 11.2. The molecule has 106 valence electrons. The molecule has 4 heteroatoms. The van der Waals surface area contributed by atoms with Gasteiger partial charge in [0.25, 0.3) is 0 Å². The normalized spacial score (nSPS) is 13.6. The summed E-state index contributed by atoms with van der Waals surface area (Å²) in [5.41, 5.74) is 2.09. The molecule has 0 saturated heterocycles.